The number of aryl methyl sites for hydroxylation is 2. The van der Waals surface area contributed by atoms with Crippen molar-refractivity contribution in [3.63, 3.8) is 0 Å². The van der Waals surface area contributed by atoms with E-state index in [9.17, 15) is 8.42 Å². The molecule has 0 radical (unpaired) electrons. The van der Waals surface area contributed by atoms with E-state index in [0.717, 1.165) is 5.69 Å². The molecule has 0 aliphatic rings. The Morgan fingerprint density at radius 1 is 1.37 bits per heavy atom. The fourth-order valence-corrected chi connectivity index (χ4v) is 3.61. The van der Waals surface area contributed by atoms with Gasteiger partial charge in [0, 0.05) is 12.7 Å². The van der Waals surface area contributed by atoms with Crippen LogP contribution in [0, 0.1) is 0 Å². The van der Waals surface area contributed by atoms with Gasteiger partial charge in [0.2, 0.25) is 9.84 Å². The van der Waals surface area contributed by atoms with Crippen molar-refractivity contribution in [1.82, 2.24) is 20.0 Å². The summed E-state index contributed by atoms with van der Waals surface area (Å²) in [7, 11) is -1.85. The second-order valence-corrected chi connectivity index (χ2v) is 6.72. The number of rotatable bonds is 4. The van der Waals surface area contributed by atoms with Crippen LogP contribution in [0.5, 0.6) is 0 Å². The second-order valence-electron chi connectivity index (χ2n) is 4.03. The molecule has 0 fully saturated rings. The number of hydrogen-bond acceptors (Lipinski definition) is 5. The van der Waals surface area contributed by atoms with Crippen LogP contribution < -0.4 is 0 Å². The van der Waals surface area contributed by atoms with Crippen LogP contribution in [0.2, 0.25) is 0 Å². The van der Waals surface area contributed by atoms with Gasteiger partial charge < -0.3 is 0 Å². The van der Waals surface area contributed by atoms with E-state index in [-0.39, 0.29) is 10.8 Å². The predicted molar refractivity (Wildman–Crippen MR) is 73.2 cm³/mol. The van der Waals surface area contributed by atoms with E-state index in [1.54, 1.807) is 19.2 Å². The Bertz CT molecular complexity index is 677. The minimum atomic E-state index is -3.50. The molecule has 0 aromatic carbocycles. The fraction of sp³-hybridized carbons (Fsp3) is 0.364. The lowest BCUT2D eigenvalue weighted by Gasteiger charge is -2.05. The van der Waals surface area contributed by atoms with E-state index >= 15 is 0 Å². The molecule has 0 aliphatic carbocycles. The highest BCUT2D eigenvalue weighted by Crippen LogP contribution is 2.19. The quantitative estimate of drug-likeness (QED) is 0.839. The summed E-state index contributed by atoms with van der Waals surface area (Å²) < 4.78 is 26.5. The van der Waals surface area contributed by atoms with Crippen molar-refractivity contribution in [2.45, 2.75) is 24.1 Å². The molecule has 0 unspecified atom stereocenters. The van der Waals surface area contributed by atoms with Crippen LogP contribution in [0.25, 0.3) is 0 Å². The third kappa shape index (κ3) is 3.01. The van der Waals surface area contributed by atoms with Gasteiger partial charge in [-0.15, -0.1) is 5.10 Å². The molecule has 2 aromatic rings. The molecule has 0 bridgehead atoms. The normalized spacial score (nSPS) is 11.7. The van der Waals surface area contributed by atoms with E-state index < -0.39 is 9.84 Å². The molecule has 0 N–H and O–H groups in total. The van der Waals surface area contributed by atoms with Crippen LogP contribution in [-0.2, 0) is 29.1 Å². The van der Waals surface area contributed by atoms with E-state index in [1.165, 1.54) is 10.7 Å². The molecule has 8 heteroatoms. The zero-order valence-corrected chi connectivity index (χ0v) is 12.9. The molecule has 0 atom stereocenters. The number of nitrogens with zero attached hydrogens (tertiary/aromatic N) is 4. The maximum Gasteiger partial charge on any atom is 0.201 e. The Kier molecular flexibility index (Phi) is 4.00. The summed E-state index contributed by atoms with van der Waals surface area (Å²) in [5.74, 6) is -0.183. The van der Waals surface area contributed by atoms with Crippen LogP contribution in [-0.4, -0.2) is 28.4 Å². The Morgan fingerprint density at radius 2 is 2.11 bits per heavy atom. The lowest BCUT2D eigenvalue weighted by molar-refractivity contribution is 0.587. The minimum absolute atomic E-state index is 0.0833. The van der Waals surface area contributed by atoms with Crippen LogP contribution in [0.3, 0.4) is 0 Å². The third-order valence-corrected chi connectivity index (χ3v) is 4.82. The summed E-state index contributed by atoms with van der Waals surface area (Å²) in [6, 6.07) is 5.02. The van der Waals surface area contributed by atoms with E-state index in [2.05, 4.69) is 31.2 Å². The molecule has 2 rings (SSSR count). The average Bonchev–Trinajstić information content (AvgIpc) is 2.70. The summed E-state index contributed by atoms with van der Waals surface area (Å²) in [6.07, 6.45) is 0.695. The van der Waals surface area contributed by atoms with Gasteiger partial charge in [-0.3, -0.25) is 4.68 Å². The van der Waals surface area contributed by atoms with Crippen molar-refractivity contribution in [2.24, 2.45) is 7.05 Å². The molecule has 0 saturated heterocycles. The maximum absolute atomic E-state index is 12.3. The molecular weight excluding hydrogens is 332 g/mol. The lowest BCUT2D eigenvalue weighted by Crippen LogP contribution is -2.11. The highest BCUT2D eigenvalue weighted by molar-refractivity contribution is 9.10. The summed E-state index contributed by atoms with van der Waals surface area (Å²) in [4.78, 5) is 4.15. The highest BCUT2D eigenvalue weighted by Gasteiger charge is 2.21. The molecular formula is C11H13BrN4O2S. The minimum Gasteiger partial charge on any atom is -0.250 e. The predicted octanol–water partition coefficient (Wildman–Crippen LogP) is 1.51. The molecule has 19 heavy (non-hydrogen) atoms. The van der Waals surface area contributed by atoms with Crippen LogP contribution in [0.1, 0.15) is 18.3 Å². The molecule has 0 spiro atoms. The molecule has 0 aliphatic heterocycles. The van der Waals surface area contributed by atoms with Crippen LogP contribution in [0.15, 0.2) is 27.8 Å². The first-order chi connectivity index (χ1) is 8.94. The van der Waals surface area contributed by atoms with Crippen molar-refractivity contribution in [1.29, 1.82) is 0 Å². The first kappa shape index (κ1) is 14.1. The Labute approximate surface area is 119 Å². The molecule has 2 aromatic heterocycles. The number of sulfone groups is 1. The standard InChI is InChI=1S/C11H13BrN4O2S/c1-3-8-5-4-6-10(13-8)19(17,18)7-9-11(12)14-15-16(9)2/h4-6H,3,7H2,1-2H3. The van der Waals surface area contributed by atoms with Crippen molar-refractivity contribution in [3.05, 3.63) is 34.2 Å². The van der Waals surface area contributed by atoms with Gasteiger partial charge in [0.15, 0.2) is 9.63 Å². The number of pyridine rings is 1. The van der Waals surface area contributed by atoms with Gasteiger partial charge in [0.1, 0.15) is 5.75 Å². The fourth-order valence-electron chi connectivity index (χ4n) is 1.59. The Morgan fingerprint density at radius 3 is 2.68 bits per heavy atom. The molecule has 102 valence electrons. The first-order valence-corrected chi connectivity index (χ1v) is 8.11. The van der Waals surface area contributed by atoms with Crippen LogP contribution in [0.4, 0.5) is 0 Å². The summed E-state index contributed by atoms with van der Waals surface area (Å²) in [5.41, 5.74) is 1.26. The van der Waals surface area contributed by atoms with Gasteiger partial charge in [-0.25, -0.2) is 13.4 Å². The summed E-state index contributed by atoms with van der Waals surface area (Å²) in [6.45, 7) is 1.93. The van der Waals surface area contributed by atoms with Crippen molar-refractivity contribution < 1.29 is 8.42 Å². The topological polar surface area (TPSA) is 77.7 Å². The maximum atomic E-state index is 12.3. The summed E-state index contributed by atoms with van der Waals surface area (Å²) >= 11 is 3.19. The zero-order valence-electron chi connectivity index (χ0n) is 10.5. The molecule has 0 saturated carbocycles. The largest absolute Gasteiger partial charge is 0.250 e. The summed E-state index contributed by atoms with van der Waals surface area (Å²) in [5, 5.41) is 7.62. The third-order valence-electron chi connectivity index (χ3n) is 2.68. The smallest absolute Gasteiger partial charge is 0.201 e. The van der Waals surface area contributed by atoms with Crippen molar-refractivity contribution in [2.75, 3.05) is 0 Å². The number of hydrogen-bond donors (Lipinski definition) is 0. The first-order valence-electron chi connectivity index (χ1n) is 5.66. The van der Waals surface area contributed by atoms with Gasteiger partial charge >= 0.3 is 0 Å². The van der Waals surface area contributed by atoms with Gasteiger partial charge in [-0.05, 0) is 34.5 Å². The molecule has 2 heterocycles. The van der Waals surface area contributed by atoms with Gasteiger partial charge in [-0.1, -0.05) is 18.2 Å². The zero-order chi connectivity index (χ0) is 14.0. The van der Waals surface area contributed by atoms with Crippen LogP contribution >= 0.6 is 15.9 Å². The Balaban J connectivity index is 2.38. The highest BCUT2D eigenvalue weighted by atomic mass is 79.9. The van der Waals surface area contributed by atoms with Crippen molar-refractivity contribution >= 4 is 25.8 Å². The molecule has 6 nitrogen and oxygen atoms in total. The van der Waals surface area contributed by atoms with Gasteiger partial charge in [-0.2, -0.15) is 0 Å². The molecule has 0 amide bonds. The average molecular weight is 345 g/mol. The van der Waals surface area contributed by atoms with E-state index in [0.29, 0.717) is 16.7 Å². The van der Waals surface area contributed by atoms with Gasteiger partial charge in [0.25, 0.3) is 0 Å². The van der Waals surface area contributed by atoms with Gasteiger partial charge in [0.05, 0.1) is 5.69 Å². The van der Waals surface area contributed by atoms with E-state index in [4.69, 9.17) is 0 Å². The Hall–Kier alpha value is -1.28. The monoisotopic (exact) mass is 344 g/mol. The van der Waals surface area contributed by atoms with Crippen molar-refractivity contribution in [3.8, 4) is 0 Å². The van der Waals surface area contributed by atoms with E-state index in [1.807, 2.05) is 6.92 Å². The lowest BCUT2D eigenvalue weighted by atomic mass is 10.3. The number of aromatic nitrogens is 4. The number of halogens is 1. The SMILES string of the molecule is CCc1cccc(S(=O)(=O)Cc2c(Br)nnn2C)n1. The second kappa shape index (κ2) is 5.38.